The molecule has 1 aliphatic heterocycles. The fourth-order valence-corrected chi connectivity index (χ4v) is 2.47. The zero-order chi connectivity index (χ0) is 13.8. The average Bonchev–Trinajstić information content (AvgIpc) is 2.38. The number of nitrogens with zero attached hydrogens (tertiary/aromatic N) is 1. The third-order valence-electron chi connectivity index (χ3n) is 3.27. The van der Waals surface area contributed by atoms with Crippen LogP contribution in [0.25, 0.3) is 0 Å². The van der Waals surface area contributed by atoms with Crippen LogP contribution in [0.15, 0.2) is 18.2 Å². The van der Waals surface area contributed by atoms with E-state index in [0.717, 1.165) is 24.3 Å². The topological polar surface area (TPSA) is 41.6 Å². The Bertz CT molecular complexity index is 502. The Kier molecular flexibility index (Phi) is 4.37. The molecule has 0 bridgehead atoms. The number of amides is 1. The minimum atomic E-state index is 0.0153. The number of hydrogen-bond donors (Lipinski definition) is 1. The Morgan fingerprint density at radius 1 is 1.47 bits per heavy atom. The molecule has 1 saturated heterocycles. The maximum Gasteiger partial charge on any atom is 0.227 e. The largest absolute Gasteiger partial charge is 0.496 e. The predicted octanol–water partition coefficient (Wildman–Crippen LogP) is 1.65. The molecular weight excluding hydrogens is 260 g/mol. The molecule has 0 spiro atoms. The van der Waals surface area contributed by atoms with Gasteiger partial charge in [-0.25, -0.2) is 0 Å². The number of nitrogens with one attached hydrogen (secondary N) is 1. The highest BCUT2D eigenvalue weighted by Gasteiger charge is 2.19. The number of methoxy groups -OCH3 is 1. The summed E-state index contributed by atoms with van der Waals surface area (Å²) in [6.07, 6.45) is 1.42. The van der Waals surface area contributed by atoms with Crippen molar-refractivity contribution in [2.45, 2.75) is 19.8 Å². The van der Waals surface area contributed by atoms with Crippen LogP contribution in [0.1, 0.15) is 17.5 Å². The highest BCUT2D eigenvalue weighted by molar-refractivity contribution is 7.80. The van der Waals surface area contributed by atoms with Gasteiger partial charge in [-0.05, 0) is 42.8 Å². The summed E-state index contributed by atoms with van der Waals surface area (Å²) in [6, 6.07) is 6.18. The van der Waals surface area contributed by atoms with E-state index >= 15 is 0 Å². The van der Waals surface area contributed by atoms with Crippen LogP contribution in [0.2, 0.25) is 0 Å². The van der Waals surface area contributed by atoms with Gasteiger partial charge in [0.05, 0.1) is 7.11 Å². The lowest BCUT2D eigenvalue weighted by atomic mass is 10.1. The van der Waals surface area contributed by atoms with Gasteiger partial charge in [0, 0.05) is 19.5 Å². The first-order valence-corrected chi connectivity index (χ1v) is 6.73. The Hall–Kier alpha value is -1.62. The highest BCUT2D eigenvalue weighted by Crippen LogP contribution is 2.19. The van der Waals surface area contributed by atoms with Crippen molar-refractivity contribution >= 4 is 23.2 Å². The molecule has 0 saturated carbocycles. The van der Waals surface area contributed by atoms with Gasteiger partial charge in [-0.1, -0.05) is 12.1 Å². The maximum absolute atomic E-state index is 11.2. The molecule has 2 rings (SSSR count). The van der Waals surface area contributed by atoms with Crippen molar-refractivity contribution in [2.75, 3.05) is 20.2 Å². The highest BCUT2D eigenvalue weighted by atomic mass is 32.1. The van der Waals surface area contributed by atoms with Crippen molar-refractivity contribution in [3.63, 3.8) is 0 Å². The Morgan fingerprint density at radius 3 is 2.89 bits per heavy atom. The summed E-state index contributed by atoms with van der Waals surface area (Å²) in [5.41, 5.74) is 2.38. The second-order valence-electron chi connectivity index (χ2n) is 4.64. The monoisotopic (exact) mass is 278 g/mol. The van der Waals surface area contributed by atoms with Gasteiger partial charge in [0.15, 0.2) is 5.11 Å². The molecule has 1 aliphatic rings. The summed E-state index contributed by atoms with van der Waals surface area (Å²) in [4.78, 5) is 13.2. The molecule has 102 valence electrons. The Morgan fingerprint density at radius 2 is 2.26 bits per heavy atom. The molecule has 19 heavy (non-hydrogen) atoms. The minimum absolute atomic E-state index is 0.0153. The summed E-state index contributed by atoms with van der Waals surface area (Å²) in [5.74, 6) is 0.922. The molecule has 0 aliphatic carbocycles. The third kappa shape index (κ3) is 3.44. The van der Waals surface area contributed by atoms with Crippen LogP contribution in [-0.2, 0) is 11.2 Å². The van der Waals surface area contributed by atoms with Crippen LogP contribution >= 0.6 is 12.2 Å². The molecule has 5 heteroatoms. The Labute approximate surface area is 118 Å². The van der Waals surface area contributed by atoms with Crippen molar-refractivity contribution in [1.82, 2.24) is 10.2 Å². The van der Waals surface area contributed by atoms with E-state index in [1.807, 2.05) is 17.9 Å². The smallest absolute Gasteiger partial charge is 0.227 e. The van der Waals surface area contributed by atoms with Gasteiger partial charge in [0.2, 0.25) is 5.91 Å². The molecule has 1 aromatic rings. The van der Waals surface area contributed by atoms with Crippen molar-refractivity contribution in [3.8, 4) is 5.75 Å². The number of thiocarbonyl (C=S) groups is 1. The normalized spacial score (nSPS) is 15.4. The SMILES string of the molecule is COc1ccc(CCN2CCC(=O)NC2=S)cc1C. The number of ether oxygens (including phenoxy) is 1. The van der Waals surface area contributed by atoms with E-state index in [1.54, 1.807) is 7.11 Å². The van der Waals surface area contributed by atoms with Crippen LogP contribution in [0.4, 0.5) is 0 Å². The van der Waals surface area contributed by atoms with Crippen molar-refractivity contribution < 1.29 is 9.53 Å². The molecule has 1 fully saturated rings. The van der Waals surface area contributed by atoms with Gasteiger partial charge in [0.1, 0.15) is 5.75 Å². The van der Waals surface area contributed by atoms with Gasteiger partial charge in [0.25, 0.3) is 0 Å². The number of rotatable bonds is 4. The standard InChI is InChI=1S/C14H18N2O2S/c1-10-9-11(3-4-12(10)18-2)5-7-16-8-6-13(17)15-14(16)19/h3-4,9H,5-8H2,1-2H3,(H,15,17,19). The van der Waals surface area contributed by atoms with Gasteiger partial charge in [-0.2, -0.15) is 0 Å². The van der Waals surface area contributed by atoms with E-state index in [-0.39, 0.29) is 5.91 Å². The summed E-state index contributed by atoms with van der Waals surface area (Å²) >= 11 is 5.16. The van der Waals surface area contributed by atoms with Crippen LogP contribution in [0, 0.1) is 6.92 Å². The van der Waals surface area contributed by atoms with Crippen molar-refractivity contribution in [1.29, 1.82) is 0 Å². The molecule has 0 aromatic heterocycles. The number of hydrogen-bond acceptors (Lipinski definition) is 3. The molecule has 0 radical (unpaired) electrons. The lowest BCUT2D eigenvalue weighted by Crippen LogP contribution is -2.49. The second-order valence-corrected chi connectivity index (χ2v) is 5.03. The Balaban J connectivity index is 1.93. The number of carbonyl (C=O) groups is 1. The van der Waals surface area contributed by atoms with Crippen LogP contribution in [-0.4, -0.2) is 36.1 Å². The summed E-state index contributed by atoms with van der Waals surface area (Å²) in [7, 11) is 1.68. The fourth-order valence-electron chi connectivity index (χ4n) is 2.17. The van der Waals surface area contributed by atoms with Gasteiger partial charge in [-0.3, -0.25) is 4.79 Å². The molecule has 1 heterocycles. The molecule has 0 unspecified atom stereocenters. The van der Waals surface area contributed by atoms with E-state index < -0.39 is 0 Å². The number of carbonyl (C=O) groups excluding carboxylic acids is 1. The molecule has 4 nitrogen and oxygen atoms in total. The first-order chi connectivity index (χ1) is 9.10. The molecule has 1 amide bonds. The van der Waals surface area contributed by atoms with E-state index in [1.165, 1.54) is 5.56 Å². The van der Waals surface area contributed by atoms with Crippen LogP contribution in [0.5, 0.6) is 5.75 Å². The van der Waals surface area contributed by atoms with Crippen LogP contribution in [0.3, 0.4) is 0 Å². The van der Waals surface area contributed by atoms with Crippen molar-refractivity contribution in [3.05, 3.63) is 29.3 Å². The van der Waals surface area contributed by atoms with Crippen molar-refractivity contribution in [2.24, 2.45) is 0 Å². The van der Waals surface area contributed by atoms with Gasteiger partial charge < -0.3 is 15.0 Å². The quantitative estimate of drug-likeness (QED) is 0.850. The maximum atomic E-state index is 11.2. The first-order valence-electron chi connectivity index (χ1n) is 6.32. The third-order valence-corrected chi connectivity index (χ3v) is 3.63. The molecule has 1 aromatic carbocycles. The number of aryl methyl sites for hydroxylation is 1. The minimum Gasteiger partial charge on any atom is -0.496 e. The summed E-state index contributed by atoms with van der Waals surface area (Å²) < 4.78 is 5.24. The number of benzene rings is 1. The van der Waals surface area contributed by atoms with E-state index in [2.05, 4.69) is 17.4 Å². The zero-order valence-corrected chi connectivity index (χ0v) is 12.0. The van der Waals surface area contributed by atoms with E-state index in [4.69, 9.17) is 17.0 Å². The van der Waals surface area contributed by atoms with Gasteiger partial charge in [-0.15, -0.1) is 0 Å². The lowest BCUT2D eigenvalue weighted by molar-refractivity contribution is -0.120. The molecular formula is C14H18N2O2S. The zero-order valence-electron chi connectivity index (χ0n) is 11.2. The second kappa shape index (κ2) is 6.02. The van der Waals surface area contributed by atoms with E-state index in [9.17, 15) is 4.79 Å². The predicted molar refractivity (Wildman–Crippen MR) is 78.4 cm³/mol. The molecule has 1 N–H and O–H groups in total. The summed E-state index contributed by atoms with van der Waals surface area (Å²) in [5, 5.41) is 3.24. The average molecular weight is 278 g/mol. The molecule has 0 atom stereocenters. The lowest BCUT2D eigenvalue weighted by Gasteiger charge is -2.29. The van der Waals surface area contributed by atoms with Crippen LogP contribution < -0.4 is 10.1 Å². The summed E-state index contributed by atoms with van der Waals surface area (Å²) in [6.45, 7) is 3.57. The fraction of sp³-hybridized carbons (Fsp3) is 0.429. The van der Waals surface area contributed by atoms with Gasteiger partial charge >= 0.3 is 0 Å². The first kappa shape index (κ1) is 13.8. The van der Waals surface area contributed by atoms with E-state index in [0.29, 0.717) is 18.1 Å².